The van der Waals surface area contributed by atoms with Gasteiger partial charge in [0.05, 0.1) is 11.0 Å². The van der Waals surface area contributed by atoms with E-state index in [1.807, 2.05) is 0 Å². The minimum atomic E-state index is -3.81. The quantitative estimate of drug-likeness (QED) is 0.932. The van der Waals surface area contributed by atoms with Crippen LogP contribution in [0.1, 0.15) is 37.7 Å². The SMILES string of the molecule is Cc1cc(S(=O)(=O)NC2(C#N)CCCCC2)ccc1F. The Morgan fingerprint density at radius 3 is 2.50 bits per heavy atom. The number of aryl methyl sites for hydroxylation is 1. The van der Waals surface area contributed by atoms with Crippen molar-refractivity contribution in [2.45, 2.75) is 49.5 Å². The highest BCUT2D eigenvalue weighted by Crippen LogP contribution is 2.29. The van der Waals surface area contributed by atoms with Crippen molar-refractivity contribution in [2.24, 2.45) is 0 Å². The van der Waals surface area contributed by atoms with Crippen LogP contribution in [0.3, 0.4) is 0 Å². The van der Waals surface area contributed by atoms with Crippen LogP contribution < -0.4 is 4.72 Å². The summed E-state index contributed by atoms with van der Waals surface area (Å²) in [5, 5.41) is 9.31. The van der Waals surface area contributed by atoms with E-state index in [1.165, 1.54) is 19.1 Å². The maximum atomic E-state index is 13.2. The first kappa shape index (κ1) is 14.9. The van der Waals surface area contributed by atoms with Crippen molar-refractivity contribution < 1.29 is 12.8 Å². The Labute approximate surface area is 118 Å². The van der Waals surface area contributed by atoms with Crippen molar-refractivity contribution in [2.75, 3.05) is 0 Å². The standard InChI is InChI=1S/C14H17FN2O2S/c1-11-9-12(5-6-13(11)15)20(18,19)17-14(10-16)7-3-2-4-8-14/h5-6,9,17H,2-4,7-8H2,1H3. The number of halogens is 1. The fourth-order valence-corrected chi connectivity index (χ4v) is 3.95. The zero-order valence-corrected chi connectivity index (χ0v) is 12.1. The third-order valence-corrected chi connectivity index (χ3v) is 5.22. The number of nitriles is 1. The monoisotopic (exact) mass is 296 g/mol. The van der Waals surface area contributed by atoms with Crippen molar-refractivity contribution >= 4 is 10.0 Å². The maximum absolute atomic E-state index is 13.2. The molecule has 1 N–H and O–H groups in total. The molecule has 0 aliphatic heterocycles. The molecule has 1 aromatic carbocycles. The fraction of sp³-hybridized carbons (Fsp3) is 0.500. The predicted molar refractivity (Wildman–Crippen MR) is 72.9 cm³/mol. The molecule has 1 aliphatic rings. The number of sulfonamides is 1. The second-order valence-corrected chi connectivity index (χ2v) is 6.95. The Morgan fingerprint density at radius 1 is 1.30 bits per heavy atom. The number of rotatable bonds is 3. The summed E-state index contributed by atoms with van der Waals surface area (Å²) in [6.07, 6.45) is 3.71. The summed E-state index contributed by atoms with van der Waals surface area (Å²) in [4.78, 5) is -0.00315. The molecule has 0 unspecified atom stereocenters. The smallest absolute Gasteiger partial charge is 0.207 e. The summed E-state index contributed by atoms with van der Waals surface area (Å²) in [5.74, 6) is -0.448. The van der Waals surface area contributed by atoms with Gasteiger partial charge in [-0.3, -0.25) is 0 Å². The zero-order valence-electron chi connectivity index (χ0n) is 11.3. The lowest BCUT2D eigenvalue weighted by molar-refractivity contribution is 0.338. The molecule has 0 saturated heterocycles. The normalized spacial score (nSPS) is 18.4. The summed E-state index contributed by atoms with van der Waals surface area (Å²) in [6.45, 7) is 1.51. The van der Waals surface area contributed by atoms with Crippen LogP contribution >= 0.6 is 0 Å². The van der Waals surface area contributed by atoms with Gasteiger partial charge in [-0.25, -0.2) is 12.8 Å². The van der Waals surface area contributed by atoms with Gasteiger partial charge >= 0.3 is 0 Å². The van der Waals surface area contributed by atoms with Gasteiger partial charge in [0.1, 0.15) is 11.4 Å². The Hall–Kier alpha value is -1.45. The summed E-state index contributed by atoms with van der Waals surface area (Å²) in [6, 6.07) is 5.74. The van der Waals surface area contributed by atoms with Crippen molar-refractivity contribution in [3.63, 3.8) is 0 Å². The molecule has 1 saturated carbocycles. The second kappa shape index (κ2) is 5.51. The van der Waals surface area contributed by atoms with Crippen LogP contribution in [0.25, 0.3) is 0 Å². The molecule has 4 nitrogen and oxygen atoms in total. The lowest BCUT2D eigenvalue weighted by Gasteiger charge is -2.31. The molecule has 0 amide bonds. The maximum Gasteiger partial charge on any atom is 0.241 e. The average Bonchev–Trinajstić information content (AvgIpc) is 2.42. The highest BCUT2D eigenvalue weighted by atomic mass is 32.2. The van der Waals surface area contributed by atoms with Gasteiger partial charge in [0.15, 0.2) is 0 Å². The summed E-state index contributed by atoms with van der Waals surface area (Å²) in [5.41, 5.74) is -0.762. The predicted octanol–water partition coefficient (Wildman–Crippen LogP) is 2.64. The molecular formula is C14H17FN2O2S. The van der Waals surface area contributed by atoms with E-state index >= 15 is 0 Å². The molecule has 0 atom stereocenters. The van der Waals surface area contributed by atoms with Gasteiger partial charge in [-0.1, -0.05) is 19.3 Å². The molecule has 1 aromatic rings. The Balaban J connectivity index is 2.30. The van der Waals surface area contributed by atoms with Crippen LogP contribution in [-0.4, -0.2) is 14.0 Å². The van der Waals surface area contributed by atoms with Gasteiger partial charge in [0, 0.05) is 0 Å². The number of nitrogens with one attached hydrogen (secondary N) is 1. The highest BCUT2D eigenvalue weighted by molar-refractivity contribution is 7.89. The Bertz CT molecular complexity index is 644. The molecule has 0 spiro atoms. The van der Waals surface area contributed by atoms with Crippen LogP contribution in [0.15, 0.2) is 23.1 Å². The molecule has 1 aliphatic carbocycles. The minimum Gasteiger partial charge on any atom is -0.207 e. The highest BCUT2D eigenvalue weighted by Gasteiger charge is 2.36. The van der Waals surface area contributed by atoms with E-state index in [9.17, 15) is 18.1 Å². The molecule has 1 fully saturated rings. The lowest BCUT2D eigenvalue weighted by Crippen LogP contribution is -2.48. The van der Waals surface area contributed by atoms with Crippen LogP contribution in [0, 0.1) is 24.1 Å². The van der Waals surface area contributed by atoms with E-state index in [-0.39, 0.29) is 10.5 Å². The molecule has 0 heterocycles. The van der Waals surface area contributed by atoms with Gasteiger partial charge in [-0.2, -0.15) is 9.98 Å². The van der Waals surface area contributed by atoms with Crippen molar-refractivity contribution in [3.05, 3.63) is 29.6 Å². The van der Waals surface area contributed by atoms with E-state index < -0.39 is 21.4 Å². The molecule has 20 heavy (non-hydrogen) atoms. The third kappa shape index (κ3) is 3.00. The van der Waals surface area contributed by atoms with E-state index in [4.69, 9.17) is 0 Å². The molecular weight excluding hydrogens is 279 g/mol. The molecule has 6 heteroatoms. The second-order valence-electron chi connectivity index (χ2n) is 5.27. The Kier molecular flexibility index (Phi) is 4.11. The topological polar surface area (TPSA) is 70.0 Å². The zero-order chi connectivity index (χ0) is 14.8. The average molecular weight is 296 g/mol. The Morgan fingerprint density at radius 2 is 1.95 bits per heavy atom. The van der Waals surface area contributed by atoms with Gasteiger partial charge in [-0.05, 0) is 43.5 Å². The van der Waals surface area contributed by atoms with E-state index in [2.05, 4.69) is 10.8 Å². The molecule has 108 valence electrons. The minimum absolute atomic E-state index is 0.00315. The van der Waals surface area contributed by atoms with Crippen molar-refractivity contribution in [1.29, 1.82) is 5.26 Å². The summed E-state index contributed by atoms with van der Waals surface area (Å²) in [7, 11) is -3.81. The van der Waals surface area contributed by atoms with Crippen molar-refractivity contribution in [3.8, 4) is 6.07 Å². The first-order chi connectivity index (χ1) is 9.38. The van der Waals surface area contributed by atoms with Crippen LogP contribution in [-0.2, 0) is 10.0 Å². The van der Waals surface area contributed by atoms with Crippen LogP contribution in [0.4, 0.5) is 4.39 Å². The van der Waals surface area contributed by atoms with Crippen LogP contribution in [0.2, 0.25) is 0 Å². The van der Waals surface area contributed by atoms with Gasteiger partial charge in [0.2, 0.25) is 10.0 Å². The molecule has 0 aromatic heterocycles. The molecule has 0 radical (unpaired) electrons. The number of nitrogens with zero attached hydrogens (tertiary/aromatic N) is 1. The van der Waals surface area contributed by atoms with E-state index in [0.717, 1.165) is 25.3 Å². The first-order valence-corrected chi connectivity index (χ1v) is 8.08. The fourth-order valence-electron chi connectivity index (χ4n) is 2.49. The summed E-state index contributed by atoms with van der Waals surface area (Å²) >= 11 is 0. The van der Waals surface area contributed by atoms with Gasteiger partial charge < -0.3 is 0 Å². The number of benzene rings is 1. The molecule has 0 bridgehead atoms. The first-order valence-electron chi connectivity index (χ1n) is 6.60. The largest absolute Gasteiger partial charge is 0.241 e. The van der Waals surface area contributed by atoms with Gasteiger partial charge in [0.25, 0.3) is 0 Å². The molecule has 2 rings (SSSR count). The lowest BCUT2D eigenvalue weighted by atomic mass is 9.84. The van der Waals surface area contributed by atoms with E-state index in [1.54, 1.807) is 0 Å². The van der Waals surface area contributed by atoms with Crippen LogP contribution in [0.5, 0.6) is 0 Å². The van der Waals surface area contributed by atoms with Crippen molar-refractivity contribution in [1.82, 2.24) is 4.72 Å². The van der Waals surface area contributed by atoms with E-state index in [0.29, 0.717) is 12.8 Å². The number of hydrogen-bond acceptors (Lipinski definition) is 3. The summed E-state index contributed by atoms with van der Waals surface area (Å²) < 4.78 is 40.4. The number of hydrogen-bond donors (Lipinski definition) is 1. The third-order valence-electron chi connectivity index (χ3n) is 3.69. The van der Waals surface area contributed by atoms with Gasteiger partial charge in [-0.15, -0.1) is 0 Å².